The van der Waals surface area contributed by atoms with Crippen molar-refractivity contribution in [2.24, 2.45) is 0 Å². The van der Waals surface area contributed by atoms with E-state index in [2.05, 4.69) is 0 Å². The van der Waals surface area contributed by atoms with Gasteiger partial charge in [0.15, 0.2) is 6.10 Å². The number of benzene rings is 1. The summed E-state index contributed by atoms with van der Waals surface area (Å²) in [6.07, 6.45) is 0.614. The highest BCUT2D eigenvalue weighted by Crippen LogP contribution is 2.35. The summed E-state index contributed by atoms with van der Waals surface area (Å²) in [5.41, 5.74) is -0.851. The van der Waals surface area contributed by atoms with Crippen molar-refractivity contribution in [1.29, 1.82) is 0 Å². The number of hydrogen-bond donors (Lipinski definition) is 0. The lowest BCUT2D eigenvalue weighted by atomic mass is 10.0. The number of fused-ring (bicyclic) bond motifs is 2. The van der Waals surface area contributed by atoms with Crippen LogP contribution in [0.15, 0.2) is 44.2 Å². The molecule has 2 aromatic heterocycles. The second-order valence-corrected chi connectivity index (χ2v) is 6.81. The third-order valence-electron chi connectivity index (χ3n) is 4.18. The second kappa shape index (κ2) is 7.38. The first kappa shape index (κ1) is 19.5. The van der Waals surface area contributed by atoms with Crippen molar-refractivity contribution in [2.45, 2.75) is 39.4 Å². The second-order valence-electron chi connectivity index (χ2n) is 6.81. The fourth-order valence-electron chi connectivity index (χ4n) is 2.94. The van der Waals surface area contributed by atoms with Crippen LogP contribution in [-0.4, -0.2) is 30.3 Å². The lowest BCUT2D eigenvalue weighted by Gasteiger charge is -2.32. The minimum absolute atomic E-state index is 0.0988. The normalized spacial score (nSPS) is 12.7. The molecule has 0 aliphatic rings. The molecular formula is C20H20O8. The smallest absolute Gasteiger partial charge is 0.336 e. The summed E-state index contributed by atoms with van der Waals surface area (Å²) < 4.78 is 27.2. The molecule has 0 saturated carbocycles. The fraction of sp³-hybridized carbons (Fsp3) is 0.350. The summed E-state index contributed by atoms with van der Waals surface area (Å²) in [4.78, 5) is 34.5. The van der Waals surface area contributed by atoms with Gasteiger partial charge in [0.05, 0.1) is 17.0 Å². The van der Waals surface area contributed by atoms with Gasteiger partial charge in [-0.05, 0) is 26.0 Å². The van der Waals surface area contributed by atoms with E-state index in [1.165, 1.54) is 26.2 Å². The third kappa shape index (κ3) is 4.00. The van der Waals surface area contributed by atoms with Gasteiger partial charge in [-0.1, -0.05) is 0 Å². The molecule has 1 aromatic carbocycles. The maximum atomic E-state index is 11.5. The van der Waals surface area contributed by atoms with E-state index in [4.69, 9.17) is 23.0 Å². The molecule has 0 N–H and O–H groups in total. The molecule has 1 unspecified atom stereocenters. The lowest BCUT2D eigenvalue weighted by molar-refractivity contribution is -0.181. The molecular weight excluding hydrogens is 368 g/mol. The van der Waals surface area contributed by atoms with Gasteiger partial charge in [-0.25, -0.2) is 4.79 Å². The number of carbonyl (C=O) groups is 2. The van der Waals surface area contributed by atoms with Crippen LogP contribution in [0.4, 0.5) is 0 Å². The third-order valence-corrected chi connectivity index (χ3v) is 4.18. The quantitative estimate of drug-likeness (QED) is 0.468. The molecule has 0 fully saturated rings. The molecule has 0 aliphatic carbocycles. The van der Waals surface area contributed by atoms with E-state index in [0.29, 0.717) is 27.7 Å². The van der Waals surface area contributed by atoms with Gasteiger partial charge >= 0.3 is 17.6 Å². The van der Waals surface area contributed by atoms with Crippen LogP contribution in [-0.2, 0) is 19.1 Å². The van der Waals surface area contributed by atoms with E-state index >= 15 is 0 Å². The molecule has 0 aliphatic heterocycles. The Morgan fingerprint density at radius 1 is 1.07 bits per heavy atom. The maximum absolute atomic E-state index is 11.5. The van der Waals surface area contributed by atoms with Crippen LogP contribution >= 0.6 is 0 Å². The van der Waals surface area contributed by atoms with Gasteiger partial charge in [0.25, 0.3) is 0 Å². The van der Waals surface area contributed by atoms with Gasteiger partial charge in [0.1, 0.15) is 29.1 Å². The Kier molecular flexibility index (Phi) is 5.13. The van der Waals surface area contributed by atoms with Gasteiger partial charge in [0.2, 0.25) is 0 Å². The van der Waals surface area contributed by atoms with Crippen molar-refractivity contribution in [3.63, 3.8) is 0 Å². The molecule has 0 spiro atoms. The molecule has 8 nitrogen and oxygen atoms in total. The largest absolute Gasteiger partial charge is 0.488 e. The zero-order chi connectivity index (χ0) is 20.5. The van der Waals surface area contributed by atoms with E-state index in [9.17, 15) is 14.4 Å². The van der Waals surface area contributed by atoms with Crippen molar-refractivity contribution in [3.8, 4) is 5.75 Å². The Labute approximate surface area is 160 Å². The van der Waals surface area contributed by atoms with Crippen molar-refractivity contribution >= 4 is 33.9 Å². The molecule has 0 amide bonds. The molecule has 1 atom stereocenters. The molecule has 3 aromatic rings. The van der Waals surface area contributed by atoms with E-state index in [-0.39, 0.29) is 6.61 Å². The summed E-state index contributed by atoms with van der Waals surface area (Å²) in [7, 11) is 0. The SMILES string of the molecule is CC(=O)OC(COc1c2ccoc2cc2oc(=O)ccc12)C(C)(C)OC(C)=O. The van der Waals surface area contributed by atoms with Crippen LogP contribution in [0, 0.1) is 0 Å². The zero-order valence-electron chi connectivity index (χ0n) is 15.9. The predicted molar refractivity (Wildman–Crippen MR) is 99.2 cm³/mol. The van der Waals surface area contributed by atoms with E-state index in [1.54, 1.807) is 32.0 Å². The summed E-state index contributed by atoms with van der Waals surface area (Å²) >= 11 is 0. The van der Waals surface area contributed by atoms with Gasteiger partial charge in [-0.15, -0.1) is 0 Å². The lowest BCUT2D eigenvalue weighted by Crippen LogP contribution is -2.46. The van der Waals surface area contributed by atoms with Crippen LogP contribution < -0.4 is 10.4 Å². The van der Waals surface area contributed by atoms with Crippen molar-refractivity contribution in [2.75, 3.05) is 6.61 Å². The number of esters is 2. The number of furan rings is 1. The van der Waals surface area contributed by atoms with Crippen LogP contribution in [0.3, 0.4) is 0 Å². The highest BCUT2D eigenvalue weighted by Gasteiger charge is 2.36. The maximum Gasteiger partial charge on any atom is 0.336 e. The summed E-state index contributed by atoms with van der Waals surface area (Å²) in [5, 5.41) is 1.22. The van der Waals surface area contributed by atoms with Gasteiger partial charge in [-0.3, -0.25) is 9.59 Å². The van der Waals surface area contributed by atoms with E-state index in [0.717, 1.165) is 0 Å². The Morgan fingerprint density at radius 2 is 1.79 bits per heavy atom. The first-order chi connectivity index (χ1) is 13.2. The van der Waals surface area contributed by atoms with Gasteiger partial charge in [0, 0.05) is 26.0 Å². The van der Waals surface area contributed by atoms with Crippen LogP contribution in [0.2, 0.25) is 0 Å². The Bertz CT molecular complexity index is 1090. The summed E-state index contributed by atoms with van der Waals surface area (Å²) in [5.74, 6) is -0.640. The van der Waals surface area contributed by atoms with Gasteiger partial charge < -0.3 is 23.0 Å². The minimum atomic E-state index is -1.12. The van der Waals surface area contributed by atoms with E-state index in [1.807, 2.05) is 0 Å². The van der Waals surface area contributed by atoms with Crippen molar-refractivity contribution in [1.82, 2.24) is 0 Å². The average Bonchev–Trinajstić information content (AvgIpc) is 3.03. The monoisotopic (exact) mass is 388 g/mol. The zero-order valence-corrected chi connectivity index (χ0v) is 15.9. The average molecular weight is 388 g/mol. The van der Waals surface area contributed by atoms with Crippen molar-refractivity contribution in [3.05, 3.63) is 40.9 Å². The van der Waals surface area contributed by atoms with Gasteiger partial charge in [-0.2, -0.15) is 0 Å². The molecule has 0 radical (unpaired) electrons. The Hall–Kier alpha value is -3.29. The molecule has 148 valence electrons. The number of ether oxygens (including phenoxy) is 3. The molecule has 28 heavy (non-hydrogen) atoms. The highest BCUT2D eigenvalue weighted by atomic mass is 16.6. The highest BCUT2D eigenvalue weighted by molar-refractivity contribution is 6.01. The van der Waals surface area contributed by atoms with Crippen LogP contribution in [0.25, 0.3) is 21.9 Å². The molecule has 2 heterocycles. The predicted octanol–water partition coefficient (Wildman–Crippen LogP) is 3.19. The fourth-order valence-corrected chi connectivity index (χ4v) is 2.94. The topological polar surface area (TPSA) is 105 Å². The number of carbonyl (C=O) groups excluding carboxylic acids is 2. The molecule has 0 bridgehead atoms. The molecule has 3 rings (SSSR count). The first-order valence-corrected chi connectivity index (χ1v) is 8.61. The first-order valence-electron chi connectivity index (χ1n) is 8.61. The Morgan fingerprint density at radius 3 is 2.46 bits per heavy atom. The van der Waals surface area contributed by atoms with E-state index < -0.39 is 29.3 Å². The standard InChI is InChI=1S/C20H20O8/c1-11(21)26-17(20(3,4)28-12(2)22)10-25-19-13-5-6-18(23)27-16(13)9-15-14(19)7-8-24-15/h5-9,17H,10H2,1-4H3. The number of hydrogen-bond acceptors (Lipinski definition) is 8. The molecule has 0 saturated heterocycles. The number of rotatable bonds is 6. The summed E-state index contributed by atoms with van der Waals surface area (Å²) in [6, 6.07) is 6.19. The van der Waals surface area contributed by atoms with Crippen LogP contribution in [0.5, 0.6) is 5.75 Å². The van der Waals surface area contributed by atoms with Crippen LogP contribution in [0.1, 0.15) is 27.7 Å². The van der Waals surface area contributed by atoms with Crippen molar-refractivity contribution < 1.29 is 32.6 Å². The molecule has 8 heteroatoms. The minimum Gasteiger partial charge on any atom is -0.488 e. The summed E-state index contributed by atoms with van der Waals surface area (Å²) in [6.45, 7) is 5.69. The Balaban J connectivity index is 1.99.